The average molecular weight is 339 g/mol. The molecule has 1 aliphatic carbocycles. The van der Waals surface area contributed by atoms with Gasteiger partial charge in [0.15, 0.2) is 28.2 Å². The molecular weight excluding hydrogens is 326 g/mol. The molecule has 0 bridgehead atoms. The topological polar surface area (TPSA) is 55.4 Å². The Balaban J connectivity index is 1.88. The van der Waals surface area contributed by atoms with E-state index in [1.165, 1.54) is 0 Å². The standard InChI is InChI=1S/C13H13F4NO3S/c14-7-4-8(15)12(17)13(11(7)16)22(19,20)18-9-5-10-6(9)2-1-3-21-10/h4,6,9-10,18H,1-3,5H2/t6-,9-,10+/m1/s1. The molecule has 1 aromatic carbocycles. The van der Waals surface area contributed by atoms with Gasteiger partial charge in [0, 0.05) is 24.6 Å². The highest BCUT2D eigenvalue weighted by molar-refractivity contribution is 7.89. The van der Waals surface area contributed by atoms with Crippen molar-refractivity contribution in [1.82, 2.24) is 4.72 Å². The van der Waals surface area contributed by atoms with E-state index in [-0.39, 0.29) is 18.1 Å². The van der Waals surface area contributed by atoms with Crippen molar-refractivity contribution in [2.75, 3.05) is 6.61 Å². The van der Waals surface area contributed by atoms with Gasteiger partial charge in [-0.05, 0) is 19.3 Å². The van der Waals surface area contributed by atoms with Crippen LogP contribution in [0.2, 0.25) is 0 Å². The lowest BCUT2D eigenvalue weighted by molar-refractivity contribution is -0.0980. The Morgan fingerprint density at radius 1 is 1.14 bits per heavy atom. The van der Waals surface area contributed by atoms with Gasteiger partial charge in [0.2, 0.25) is 10.0 Å². The third-order valence-corrected chi connectivity index (χ3v) is 5.65. The van der Waals surface area contributed by atoms with Crippen molar-refractivity contribution in [2.24, 2.45) is 5.92 Å². The molecule has 2 aliphatic rings. The van der Waals surface area contributed by atoms with Crippen LogP contribution in [0.5, 0.6) is 0 Å². The summed E-state index contributed by atoms with van der Waals surface area (Å²) in [7, 11) is -4.71. The first-order valence-electron chi connectivity index (χ1n) is 6.78. The highest BCUT2D eigenvalue weighted by Crippen LogP contribution is 2.38. The maximum Gasteiger partial charge on any atom is 0.246 e. The molecule has 0 amide bonds. The summed E-state index contributed by atoms with van der Waals surface area (Å²) in [5, 5.41) is 0. The maximum absolute atomic E-state index is 13.6. The van der Waals surface area contributed by atoms with E-state index in [1.807, 2.05) is 0 Å². The molecule has 3 rings (SSSR count). The van der Waals surface area contributed by atoms with E-state index in [9.17, 15) is 26.0 Å². The van der Waals surface area contributed by atoms with Gasteiger partial charge >= 0.3 is 0 Å². The number of fused-ring (bicyclic) bond motifs is 1. The molecule has 22 heavy (non-hydrogen) atoms. The highest BCUT2D eigenvalue weighted by atomic mass is 32.2. The molecule has 1 aromatic rings. The Hall–Kier alpha value is -1.19. The van der Waals surface area contributed by atoms with E-state index in [0.29, 0.717) is 13.0 Å². The van der Waals surface area contributed by atoms with Gasteiger partial charge in [-0.1, -0.05) is 0 Å². The lowest BCUT2D eigenvalue weighted by Gasteiger charge is -2.47. The van der Waals surface area contributed by atoms with E-state index in [2.05, 4.69) is 4.72 Å². The highest BCUT2D eigenvalue weighted by Gasteiger charge is 2.46. The molecular formula is C13H13F4NO3S. The van der Waals surface area contributed by atoms with E-state index < -0.39 is 44.2 Å². The summed E-state index contributed by atoms with van der Waals surface area (Å²) in [4.78, 5) is -1.62. The summed E-state index contributed by atoms with van der Waals surface area (Å²) >= 11 is 0. The second-order valence-electron chi connectivity index (χ2n) is 5.48. The second kappa shape index (κ2) is 5.47. The predicted octanol–water partition coefficient (Wildman–Crippen LogP) is 2.09. The van der Waals surface area contributed by atoms with E-state index in [0.717, 1.165) is 12.8 Å². The Morgan fingerprint density at radius 3 is 2.36 bits per heavy atom. The number of hydrogen-bond donors (Lipinski definition) is 1. The monoisotopic (exact) mass is 339 g/mol. The van der Waals surface area contributed by atoms with Gasteiger partial charge in [-0.2, -0.15) is 0 Å². The van der Waals surface area contributed by atoms with Crippen LogP contribution in [0.15, 0.2) is 11.0 Å². The summed E-state index contributed by atoms with van der Waals surface area (Å²) in [6.45, 7) is 0.596. The number of halogens is 4. The summed E-state index contributed by atoms with van der Waals surface area (Å²) in [6, 6.07) is -0.585. The fourth-order valence-corrected chi connectivity index (χ4v) is 4.43. The Kier molecular flexibility index (Phi) is 3.90. The molecule has 0 unspecified atom stereocenters. The Labute approximate surface area is 124 Å². The van der Waals surface area contributed by atoms with Crippen molar-refractivity contribution in [3.05, 3.63) is 29.3 Å². The van der Waals surface area contributed by atoms with Crippen LogP contribution >= 0.6 is 0 Å². The molecule has 1 saturated heterocycles. The van der Waals surface area contributed by atoms with Gasteiger partial charge < -0.3 is 4.74 Å². The number of benzene rings is 1. The lowest BCUT2D eigenvalue weighted by Crippen LogP contribution is -2.57. The van der Waals surface area contributed by atoms with Crippen molar-refractivity contribution in [3.63, 3.8) is 0 Å². The number of ether oxygens (including phenoxy) is 1. The van der Waals surface area contributed by atoms with Gasteiger partial charge in [0.1, 0.15) is 0 Å². The molecule has 0 radical (unpaired) electrons. The first kappa shape index (κ1) is 15.7. The normalized spacial score (nSPS) is 28.1. The molecule has 1 heterocycles. The van der Waals surface area contributed by atoms with Crippen LogP contribution < -0.4 is 4.72 Å². The van der Waals surface area contributed by atoms with Gasteiger partial charge in [-0.15, -0.1) is 0 Å². The third-order valence-electron chi connectivity index (χ3n) is 4.14. The Morgan fingerprint density at radius 2 is 1.77 bits per heavy atom. The summed E-state index contributed by atoms with van der Waals surface area (Å²) in [5.74, 6) is -7.46. The minimum absolute atomic E-state index is 0.0297. The maximum atomic E-state index is 13.6. The average Bonchev–Trinajstić information content (AvgIpc) is 2.43. The van der Waals surface area contributed by atoms with E-state index in [1.54, 1.807) is 0 Å². The van der Waals surface area contributed by atoms with Crippen molar-refractivity contribution in [3.8, 4) is 0 Å². The molecule has 1 saturated carbocycles. The van der Waals surface area contributed by atoms with Gasteiger partial charge in [-0.25, -0.2) is 30.7 Å². The zero-order valence-corrected chi connectivity index (χ0v) is 12.1. The molecule has 2 fully saturated rings. The van der Waals surface area contributed by atoms with Crippen LogP contribution in [-0.2, 0) is 14.8 Å². The van der Waals surface area contributed by atoms with Crippen LogP contribution in [0.25, 0.3) is 0 Å². The summed E-state index contributed by atoms with van der Waals surface area (Å²) in [6.07, 6.45) is 1.77. The van der Waals surface area contributed by atoms with Gasteiger partial charge in [0.05, 0.1) is 6.10 Å². The Bertz CT molecular complexity index is 683. The summed E-state index contributed by atoms with van der Waals surface area (Å²) in [5.41, 5.74) is 0. The smallest absolute Gasteiger partial charge is 0.246 e. The third kappa shape index (κ3) is 2.50. The molecule has 4 nitrogen and oxygen atoms in total. The molecule has 3 atom stereocenters. The fraction of sp³-hybridized carbons (Fsp3) is 0.538. The van der Waals surface area contributed by atoms with Crippen molar-refractivity contribution < 1.29 is 30.7 Å². The number of sulfonamides is 1. The van der Waals surface area contributed by atoms with Crippen LogP contribution in [0.3, 0.4) is 0 Å². The van der Waals surface area contributed by atoms with E-state index in [4.69, 9.17) is 4.74 Å². The molecule has 0 aromatic heterocycles. The molecule has 9 heteroatoms. The fourth-order valence-electron chi connectivity index (χ4n) is 2.98. The molecule has 1 N–H and O–H groups in total. The van der Waals surface area contributed by atoms with Crippen LogP contribution in [-0.4, -0.2) is 27.2 Å². The largest absolute Gasteiger partial charge is 0.378 e. The minimum atomic E-state index is -4.71. The van der Waals surface area contributed by atoms with Crippen LogP contribution in [0, 0.1) is 29.2 Å². The molecule has 0 spiro atoms. The predicted molar refractivity (Wildman–Crippen MR) is 67.5 cm³/mol. The first-order chi connectivity index (χ1) is 10.3. The quantitative estimate of drug-likeness (QED) is 0.678. The van der Waals surface area contributed by atoms with Crippen molar-refractivity contribution >= 4 is 10.0 Å². The molecule has 1 aliphatic heterocycles. The van der Waals surface area contributed by atoms with Crippen LogP contribution in [0.4, 0.5) is 17.6 Å². The second-order valence-corrected chi connectivity index (χ2v) is 7.13. The van der Waals surface area contributed by atoms with Crippen LogP contribution in [0.1, 0.15) is 19.3 Å². The number of nitrogens with one attached hydrogen (secondary N) is 1. The first-order valence-corrected chi connectivity index (χ1v) is 8.26. The number of rotatable bonds is 3. The van der Waals surface area contributed by atoms with Crippen molar-refractivity contribution in [2.45, 2.75) is 36.3 Å². The SMILES string of the molecule is O=S(=O)(N[C@@H]1C[C@@H]2OCCC[C@@H]21)c1c(F)c(F)cc(F)c1F. The molecule has 122 valence electrons. The van der Waals surface area contributed by atoms with Gasteiger partial charge in [0.25, 0.3) is 0 Å². The minimum Gasteiger partial charge on any atom is -0.378 e. The van der Waals surface area contributed by atoms with Gasteiger partial charge in [-0.3, -0.25) is 0 Å². The lowest BCUT2D eigenvalue weighted by atomic mass is 9.73. The summed E-state index contributed by atoms with van der Waals surface area (Å²) < 4.78 is 85.3. The zero-order chi connectivity index (χ0) is 16.1. The zero-order valence-electron chi connectivity index (χ0n) is 11.3. The van der Waals surface area contributed by atoms with Crippen molar-refractivity contribution in [1.29, 1.82) is 0 Å². The number of hydrogen-bond acceptors (Lipinski definition) is 3. The van der Waals surface area contributed by atoms with E-state index >= 15 is 0 Å².